The minimum atomic E-state index is -0.113. The molecule has 0 radical (unpaired) electrons. The number of anilines is 1. The maximum atomic E-state index is 12.3. The van der Waals surface area contributed by atoms with Crippen molar-refractivity contribution in [3.05, 3.63) is 17.7 Å². The maximum absolute atomic E-state index is 12.3. The van der Waals surface area contributed by atoms with Gasteiger partial charge in [0.1, 0.15) is 0 Å². The summed E-state index contributed by atoms with van der Waals surface area (Å²) < 4.78 is 10.5. The quantitative estimate of drug-likeness (QED) is 0.809. The SMILES string of the molecule is CN(C)CCN(C)C(=O)c1cc2c(cc1N)OCO2. The third-order valence-corrected chi connectivity index (χ3v) is 3.00. The van der Waals surface area contributed by atoms with E-state index in [0.29, 0.717) is 29.3 Å². The van der Waals surface area contributed by atoms with E-state index in [1.165, 1.54) is 0 Å². The number of ether oxygens (including phenoxy) is 2. The topological polar surface area (TPSA) is 68.0 Å². The van der Waals surface area contributed by atoms with Gasteiger partial charge >= 0.3 is 0 Å². The Bertz CT molecular complexity index is 488. The Balaban J connectivity index is 2.15. The second-order valence-corrected chi connectivity index (χ2v) is 4.82. The minimum Gasteiger partial charge on any atom is -0.454 e. The Morgan fingerprint density at radius 1 is 1.21 bits per heavy atom. The van der Waals surface area contributed by atoms with Crippen LogP contribution in [0.5, 0.6) is 11.5 Å². The van der Waals surface area contributed by atoms with Gasteiger partial charge in [-0.05, 0) is 20.2 Å². The van der Waals surface area contributed by atoms with Crippen LogP contribution < -0.4 is 15.2 Å². The van der Waals surface area contributed by atoms with E-state index < -0.39 is 0 Å². The van der Waals surface area contributed by atoms with Gasteiger partial charge in [0, 0.05) is 31.9 Å². The number of amides is 1. The summed E-state index contributed by atoms with van der Waals surface area (Å²) in [6.45, 7) is 1.61. The van der Waals surface area contributed by atoms with Crippen LogP contribution in [0.4, 0.5) is 5.69 Å². The predicted molar refractivity (Wildman–Crippen MR) is 72.5 cm³/mol. The molecule has 1 aliphatic heterocycles. The summed E-state index contributed by atoms with van der Waals surface area (Å²) in [5.74, 6) is 1.04. The van der Waals surface area contributed by atoms with Crippen LogP contribution in [0.3, 0.4) is 0 Å². The van der Waals surface area contributed by atoms with Crippen LogP contribution in [0.25, 0.3) is 0 Å². The van der Waals surface area contributed by atoms with E-state index in [4.69, 9.17) is 15.2 Å². The summed E-state index contributed by atoms with van der Waals surface area (Å²) in [7, 11) is 5.69. The molecule has 0 saturated heterocycles. The number of nitrogens with zero attached hydrogens (tertiary/aromatic N) is 2. The second-order valence-electron chi connectivity index (χ2n) is 4.82. The maximum Gasteiger partial charge on any atom is 0.255 e. The van der Waals surface area contributed by atoms with Crippen LogP contribution in [0.1, 0.15) is 10.4 Å². The van der Waals surface area contributed by atoms with E-state index in [-0.39, 0.29) is 12.7 Å². The monoisotopic (exact) mass is 265 g/mol. The van der Waals surface area contributed by atoms with E-state index in [1.807, 2.05) is 19.0 Å². The zero-order valence-electron chi connectivity index (χ0n) is 11.5. The highest BCUT2D eigenvalue weighted by atomic mass is 16.7. The molecule has 0 aliphatic carbocycles. The van der Waals surface area contributed by atoms with E-state index >= 15 is 0 Å². The number of likely N-dealkylation sites (N-methyl/N-ethyl adjacent to an activating group) is 2. The molecule has 19 heavy (non-hydrogen) atoms. The zero-order valence-corrected chi connectivity index (χ0v) is 11.5. The lowest BCUT2D eigenvalue weighted by molar-refractivity contribution is 0.0787. The molecular formula is C13H19N3O3. The average Bonchev–Trinajstić information content (AvgIpc) is 2.80. The van der Waals surface area contributed by atoms with Gasteiger partial charge in [-0.1, -0.05) is 0 Å². The number of carbonyl (C=O) groups excluding carboxylic acids is 1. The molecule has 0 bridgehead atoms. The fourth-order valence-electron chi connectivity index (χ4n) is 1.80. The minimum absolute atomic E-state index is 0.113. The number of rotatable bonds is 4. The van der Waals surface area contributed by atoms with Crippen molar-refractivity contribution in [2.45, 2.75) is 0 Å². The van der Waals surface area contributed by atoms with Gasteiger partial charge in [0.05, 0.1) is 5.56 Å². The number of hydrogen-bond donors (Lipinski definition) is 1. The van der Waals surface area contributed by atoms with Gasteiger partial charge in [0.25, 0.3) is 5.91 Å². The van der Waals surface area contributed by atoms with Crippen molar-refractivity contribution in [2.24, 2.45) is 0 Å². The van der Waals surface area contributed by atoms with Crippen LogP contribution >= 0.6 is 0 Å². The molecule has 6 nitrogen and oxygen atoms in total. The molecule has 6 heteroatoms. The fourth-order valence-corrected chi connectivity index (χ4v) is 1.80. The molecule has 0 saturated carbocycles. The molecule has 1 aromatic rings. The Morgan fingerprint density at radius 2 is 1.84 bits per heavy atom. The van der Waals surface area contributed by atoms with Crippen LogP contribution in [-0.2, 0) is 0 Å². The van der Waals surface area contributed by atoms with Gasteiger partial charge in [-0.3, -0.25) is 4.79 Å². The lowest BCUT2D eigenvalue weighted by atomic mass is 10.1. The highest BCUT2D eigenvalue weighted by Crippen LogP contribution is 2.36. The van der Waals surface area contributed by atoms with E-state index in [2.05, 4.69) is 0 Å². The van der Waals surface area contributed by atoms with Crippen molar-refractivity contribution in [1.82, 2.24) is 9.80 Å². The van der Waals surface area contributed by atoms with Crippen LogP contribution in [0, 0.1) is 0 Å². The van der Waals surface area contributed by atoms with Crippen molar-refractivity contribution in [1.29, 1.82) is 0 Å². The van der Waals surface area contributed by atoms with E-state index in [1.54, 1.807) is 24.1 Å². The second kappa shape index (κ2) is 5.36. The summed E-state index contributed by atoms with van der Waals surface area (Å²) >= 11 is 0. The largest absolute Gasteiger partial charge is 0.454 e. The normalized spacial score (nSPS) is 12.8. The first-order chi connectivity index (χ1) is 8.99. The Kier molecular flexibility index (Phi) is 3.80. The average molecular weight is 265 g/mol. The Morgan fingerprint density at radius 3 is 2.47 bits per heavy atom. The van der Waals surface area contributed by atoms with Crippen LogP contribution in [-0.4, -0.2) is 56.7 Å². The number of nitrogen functional groups attached to an aromatic ring is 1. The molecule has 1 heterocycles. The Hall–Kier alpha value is -1.95. The summed E-state index contributed by atoms with van der Waals surface area (Å²) in [6.07, 6.45) is 0. The van der Waals surface area contributed by atoms with Crippen molar-refractivity contribution in [2.75, 3.05) is 46.8 Å². The number of hydrogen-bond acceptors (Lipinski definition) is 5. The highest BCUT2D eigenvalue weighted by molar-refractivity contribution is 6.00. The summed E-state index contributed by atoms with van der Waals surface area (Å²) in [5.41, 5.74) is 6.75. The van der Waals surface area contributed by atoms with Crippen LogP contribution in [0.2, 0.25) is 0 Å². The first-order valence-electron chi connectivity index (χ1n) is 6.08. The van der Waals surface area contributed by atoms with Gasteiger partial charge < -0.3 is 25.0 Å². The molecule has 2 N–H and O–H groups in total. The molecule has 104 valence electrons. The summed E-state index contributed by atoms with van der Waals surface area (Å²) in [5, 5.41) is 0. The van der Waals surface area contributed by atoms with E-state index in [9.17, 15) is 4.79 Å². The Labute approximate surface area is 112 Å². The molecule has 1 amide bonds. The van der Waals surface area contributed by atoms with E-state index in [0.717, 1.165) is 6.54 Å². The molecule has 1 aliphatic rings. The van der Waals surface area contributed by atoms with Gasteiger partial charge in [-0.2, -0.15) is 0 Å². The standard InChI is InChI=1S/C13H19N3O3/c1-15(2)4-5-16(3)13(17)9-6-11-12(7-10(9)14)19-8-18-11/h6-7H,4-5,8,14H2,1-3H3. The highest BCUT2D eigenvalue weighted by Gasteiger charge is 2.21. The third-order valence-electron chi connectivity index (χ3n) is 3.00. The van der Waals surface area contributed by atoms with Crippen molar-refractivity contribution < 1.29 is 14.3 Å². The van der Waals surface area contributed by atoms with Gasteiger partial charge in [-0.15, -0.1) is 0 Å². The number of carbonyl (C=O) groups is 1. The fraction of sp³-hybridized carbons (Fsp3) is 0.462. The molecular weight excluding hydrogens is 246 g/mol. The molecule has 1 aromatic carbocycles. The molecule has 0 spiro atoms. The zero-order chi connectivity index (χ0) is 14.0. The van der Waals surface area contributed by atoms with Crippen molar-refractivity contribution in [3.8, 4) is 11.5 Å². The molecule has 0 aromatic heterocycles. The van der Waals surface area contributed by atoms with Crippen molar-refractivity contribution in [3.63, 3.8) is 0 Å². The number of nitrogens with two attached hydrogens (primary N) is 1. The van der Waals surface area contributed by atoms with Crippen LogP contribution in [0.15, 0.2) is 12.1 Å². The number of fused-ring (bicyclic) bond motifs is 1. The predicted octanol–water partition coefficient (Wildman–Crippen LogP) is 0.631. The van der Waals surface area contributed by atoms with Gasteiger partial charge in [0.15, 0.2) is 11.5 Å². The van der Waals surface area contributed by atoms with Gasteiger partial charge in [0.2, 0.25) is 6.79 Å². The summed E-state index contributed by atoms with van der Waals surface area (Å²) in [4.78, 5) is 16.0. The number of benzene rings is 1. The van der Waals surface area contributed by atoms with Gasteiger partial charge in [-0.25, -0.2) is 0 Å². The smallest absolute Gasteiger partial charge is 0.255 e. The molecule has 0 atom stereocenters. The summed E-state index contributed by atoms with van der Waals surface area (Å²) in [6, 6.07) is 3.28. The van der Waals surface area contributed by atoms with Crippen molar-refractivity contribution >= 4 is 11.6 Å². The lowest BCUT2D eigenvalue weighted by Crippen LogP contribution is -2.33. The third kappa shape index (κ3) is 2.90. The first-order valence-corrected chi connectivity index (χ1v) is 6.08. The molecule has 2 rings (SSSR count). The lowest BCUT2D eigenvalue weighted by Gasteiger charge is -2.20. The first kappa shape index (κ1) is 13.5. The molecule has 0 fully saturated rings. The molecule has 0 unspecified atom stereocenters.